The van der Waals surface area contributed by atoms with Crippen LogP contribution < -0.4 is 0 Å². The van der Waals surface area contributed by atoms with Crippen molar-refractivity contribution in [2.45, 2.75) is 27.7 Å². The van der Waals surface area contributed by atoms with Crippen molar-refractivity contribution in [1.29, 1.82) is 0 Å². The van der Waals surface area contributed by atoms with E-state index in [9.17, 15) is 19.2 Å². The van der Waals surface area contributed by atoms with Gasteiger partial charge in [0.05, 0.1) is 13.1 Å². The fraction of sp³-hybridized carbons (Fsp3) is 0.600. The molecule has 0 radical (unpaired) electrons. The molecule has 0 atom stereocenters. The Morgan fingerprint density at radius 1 is 0.682 bits per heavy atom. The van der Waals surface area contributed by atoms with Crippen LogP contribution in [0.15, 0.2) is 0 Å². The first kappa shape index (κ1) is 22.5. The third kappa shape index (κ3) is 13.2. The number of nitrogens with zero attached hydrogens (tertiary/aromatic N) is 2. The molecule has 0 unspecified atom stereocenters. The van der Waals surface area contributed by atoms with E-state index in [2.05, 4.69) is 24.4 Å². The molecule has 0 bridgehead atoms. The molecular formula is C10H16N2NiO9. The van der Waals surface area contributed by atoms with Crippen molar-refractivity contribution in [2.24, 2.45) is 0 Å². The van der Waals surface area contributed by atoms with Gasteiger partial charge in [-0.1, -0.05) is 0 Å². The average Bonchev–Trinajstić information content (AvgIpc) is 2.30. The Kier molecular flexibility index (Phi) is 12.2. The van der Waals surface area contributed by atoms with E-state index in [1.54, 1.807) is 0 Å². The maximum Gasteiger partial charge on any atom is 0.341 e. The minimum atomic E-state index is -0.788. The minimum absolute atomic E-state index is 0. The zero-order valence-corrected chi connectivity index (χ0v) is 13.3. The first-order valence-corrected chi connectivity index (χ1v) is 5.66. The van der Waals surface area contributed by atoms with E-state index in [0.717, 1.165) is 27.7 Å². The van der Waals surface area contributed by atoms with Crippen LogP contribution in [0.2, 0.25) is 0 Å². The molecule has 22 heavy (non-hydrogen) atoms. The van der Waals surface area contributed by atoms with Crippen LogP contribution in [-0.4, -0.2) is 47.4 Å². The van der Waals surface area contributed by atoms with Gasteiger partial charge in [-0.05, 0) is 4.99 Å². The predicted octanol–water partition coefficient (Wildman–Crippen LogP) is -0.568. The number of carbonyl (C=O) groups excluding carboxylic acids is 4. The summed E-state index contributed by atoms with van der Waals surface area (Å²) in [7, 11) is 0. The van der Waals surface area contributed by atoms with Gasteiger partial charge < -0.3 is 14.5 Å². The molecule has 0 fully saturated rings. The minimum Gasteiger partial charge on any atom is -0.339 e. The van der Waals surface area contributed by atoms with Crippen molar-refractivity contribution < 1.29 is 60.1 Å². The molecular weight excluding hydrogens is 351 g/mol. The van der Waals surface area contributed by atoms with Gasteiger partial charge in [0, 0.05) is 54.6 Å². The molecule has 11 nitrogen and oxygen atoms in total. The third-order valence-electron chi connectivity index (χ3n) is 1.39. The molecule has 0 aromatic carbocycles. The molecule has 0 aliphatic rings. The van der Waals surface area contributed by atoms with Gasteiger partial charge in [-0.3, -0.25) is 19.3 Å². The Morgan fingerprint density at radius 3 is 1.41 bits per heavy atom. The van der Waals surface area contributed by atoms with Gasteiger partial charge in [-0.15, -0.1) is 0 Å². The fourth-order valence-electron chi connectivity index (χ4n) is 0.896. The van der Waals surface area contributed by atoms with Crippen LogP contribution in [0.1, 0.15) is 27.7 Å². The van der Waals surface area contributed by atoms with Gasteiger partial charge in [0.25, 0.3) is 0 Å². The molecule has 0 N–H and O–H groups in total. The Bertz CT molecular complexity index is 388. The first-order valence-electron chi connectivity index (χ1n) is 5.66. The molecule has 0 saturated heterocycles. The van der Waals surface area contributed by atoms with Gasteiger partial charge in [0.2, 0.25) is 0 Å². The van der Waals surface area contributed by atoms with E-state index in [4.69, 9.17) is 0 Å². The van der Waals surface area contributed by atoms with Crippen molar-refractivity contribution in [1.82, 2.24) is 10.5 Å². The standard InChI is InChI=1S/C10H16N2O9.Ni/c1-7(13)17-11(18-8(2)14)5-6-12(19-9(3)15)21-20-10(4)16;/h5-6H2,1-4H3;. The first-order chi connectivity index (χ1) is 9.70. The van der Waals surface area contributed by atoms with Crippen LogP contribution in [0.5, 0.6) is 0 Å². The summed E-state index contributed by atoms with van der Waals surface area (Å²) in [5, 5.41) is 1.06. The second kappa shape index (κ2) is 11.9. The maximum atomic E-state index is 10.8. The molecule has 0 aliphatic carbocycles. The Labute approximate surface area is 136 Å². The summed E-state index contributed by atoms with van der Waals surface area (Å²) in [5.41, 5.74) is 0. The average molecular weight is 367 g/mol. The van der Waals surface area contributed by atoms with Gasteiger partial charge in [0.15, 0.2) is 0 Å². The van der Waals surface area contributed by atoms with Gasteiger partial charge in [-0.25, -0.2) is 4.79 Å². The van der Waals surface area contributed by atoms with Crippen LogP contribution in [0.25, 0.3) is 0 Å². The molecule has 130 valence electrons. The van der Waals surface area contributed by atoms with E-state index < -0.39 is 23.9 Å². The third-order valence-corrected chi connectivity index (χ3v) is 1.39. The number of hydrogen-bond donors (Lipinski definition) is 0. The Morgan fingerprint density at radius 2 is 1.05 bits per heavy atom. The quantitative estimate of drug-likeness (QED) is 0.312. The summed E-state index contributed by atoms with van der Waals surface area (Å²) in [6.07, 6.45) is 0. The molecule has 0 aromatic heterocycles. The van der Waals surface area contributed by atoms with E-state index >= 15 is 0 Å². The number of hydrogen-bond acceptors (Lipinski definition) is 11. The Balaban J connectivity index is 0. The molecule has 0 aromatic rings. The van der Waals surface area contributed by atoms with Gasteiger partial charge in [-0.2, -0.15) is 0 Å². The van der Waals surface area contributed by atoms with Gasteiger partial charge in [0.1, 0.15) is 0 Å². The maximum absolute atomic E-state index is 10.8. The van der Waals surface area contributed by atoms with Crippen molar-refractivity contribution >= 4 is 23.9 Å². The van der Waals surface area contributed by atoms with Crippen LogP contribution >= 0.6 is 0 Å². The van der Waals surface area contributed by atoms with Crippen LogP contribution in [0, 0.1) is 0 Å². The zero-order valence-electron chi connectivity index (χ0n) is 12.3. The topological polar surface area (TPSA) is 121 Å². The van der Waals surface area contributed by atoms with Crippen LogP contribution in [0.3, 0.4) is 0 Å². The summed E-state index contributed by atoms with van der Waals surface area (Å²) in [6.45, 7) is 3.81. The number of rotatable bonds is 8. The molecule has 0 rings (SSSR count). The molecule has 0 heterocycles. The second-order valence-electron chi connectivity index (χ2n) is 3.51. The molecule has 12 heteroatoms. The Hall–Kier alpha value is -1.75. The van der Waals surface area contributed by atoms with Crippen molar-refractivity contribution in [2.75, 3.05) is 13.1 Å². The predicted molar refractivity (Wildman–Crippen MR) is 61.6 cm³/mol. The summed E-state index contributed by atoms with van der Waals surface area (Å²) in [5.74, 6) is -3.02. The largest absolute Gasteiger partial charge is 0.341 e. The summed E-state index contributed by atoms with van der Waals surface area (Å²) in [4.78, 5) is 65.3. The fourth-order valence-corrected chi connectivity index (χ4v) is 0.896. The summed E-state index contributed by atoms with van der Waals surface area (Å²) < 4.78 is 0. The molecule has 0 aliphatic heterocycles. The number of hydroxylamine groups is 4. The monoisotopic (exact) mass is 366 g/mol. The van der Waals surface area contributed by atoms with Crippen molar-refractivity contribution in [3.05, 3.63) is 0 Å². The van der Waals surface area contributed by atoms with E-state index in [0.29, 0.717) is 10.5 Å². The van der Waals surface area contributed by atoms with Crippen molar-refractivity contribution in [3.8, 4) is 0 Å². The smallest absolute Gasteiger partial charge is 0.339 e. The van der Waals surface area contributed by atoms with E-state index in [1.807, 2.05) is 0 Å². The van der Waals surface area contributed by atoms with Crippen LogP contribution in [-0.2, 0) is 60.1 Å². The summed E-state index contributed by atoms with van der Waals surface area (Å²) in [6, 6.07) is 0. The summed E-state index contributed by atoms with van der Waals surface area (Å²) >= 11 is 0. The van der Waals surface area contributed by atoms with Gasteiger partial charge >= 0.3 is 23.9 Å². The zero-order chi connectivity index (χ0) is 16.4. The molecule has 0 spiro atoms. The molecule has 0 saturated carbocycles. The second-order valence-corrected chi connectivity index (χ2v) is 3.51. The SMILES string of the molecule is CC(=O)OON(CCN(OC(C)=O)OC(C)=O)OC(C)=O.[Ni]. The normalized spacial score (nSPS) is 9.73. The van der Waals surface area contributed by atoms with E-state index in [1.165, 1.54) is 0 Å². The van der Waals surface area contributed by atoms with E-state index in [-0.39, 0.29) is 29.6 Å². The molecule has 0 amide bonds. The van der Waals surface area contributed by atoms with Crippen LogP contribution in [0.4, 0.5) is 0 Å². The number of carbonyl (C=O) groups is 4. The van der Waals surface area contributed by atoms with Crippen molar-refractivity contribution in [3.63, 3.8) is 0 Å².